The van der Waals surface area contributed by atoms with E-state index in [0.29, 0.717) is 12.8 Å². The first kappa shape index (κ1) is 16.1. The smallest absolute Gasteiger partial charge is 0.314 e. The van der Waals surface area contributed by atoms with Crippen LogP contribution in [0.1, 0.15) is 44.9 Å². The summed E-state index contributed by atoms with van der Waals surface area (Å²) in [4.78, 5) is 2.35. The van der Waals surface area contributed by atoms with E-state index in [-0.39, 0.29) is 12.5 Å². The highest BCUT2D eigenvalue weighted by Gasteiger charge is 2.41. The van der Waals surface area contributed by atoms with Gasteiger partial charge in [-0.2, -0.15) is 13.2 Å². The molecule has 0 aromatic heterocycles. The molecule has 2 rings (SSSR count). The Labute approximate surface area is 120 Å². The maximum Gasteiger partial charge on any atom is 0.391 e. The van der Waals surface area contributed by atoms with Gasteiger partial charge >= 0.3 is 6.18 Å². The lowest BCUT2D eigenvalue weighted by Gasteiger charge is -2.32. The van der Waals surface area contributed by atoms with Gasteiger partial charge in [-0.1, -0.05) is 6.42 Å². The molecule has 1 saturated heterocycles. The van der Waals surface area contributed by atoms with Crippen LogP contribution in [0.4, 0.5) is 13.2 Å². The van der Waals surface area contributed by atoms with Crippen molar-refractivity contribution < 1.29 is 13.2 Å². The number of hydrogen-bond acceptors (Lipinski definition) is 2. The van der Waals surface area contributed by atoms with Crippen molar-refractivity contribution in [3.05, 3.63) is 0 Å². The second kappa shape index (κ2) is 7.12. The Morgan fingerprint density at radius 2 is 1.80 bits per heavy atom. The van der Waals surface area contributed by atoms with E-state index in [9.17, 15) is 13.2 Å². The molecule has 2 nitrogen and oxygen atoms in total. The van der Waals surface area contributed by atoms with Gasteiger partial charge in [0.1, 0.15) is 0 Å². The molecule has 2 unspecified atom stereocenters. The van der Waals surface area contributed by atoms with E-state index in [1.54, 1.807) is 0 Å². The molecule has 0 amide bonds. The summed E-state index contributed by atoms with van der Waals surface area (Å²) in [6.45, 7) is 3.19. The van der Waals surface area contributed by atoms with Gasteiger partial charge in [-0.05, 0) is 71.1 Å². The van der Waals surface area contributed by atoms with Crippen molar-refractivity contribution in [2.24, 2.45) is 11.8 Å². The molecule has 0 aromatic rings. The highest BCUT2D eigenvalue weighted by atomic mass is 19.4. The van der Waals surface area contributed by atoms with E-state index in [2.05, 4.69) is 17.3 Å². The van der Waals surface area contributed by atoms with Gasteiger partial charge in [-0.3, -0.25) is 0 Å². The number of rotatable bonds is 4. The molecule has 2 fully saturated rings. The molecule has 0 spiro atoms. The summed E-state index contributed by atoms with van der Waals surface area (Å²) in [7, 11) is 2.15. The van der Waals surface area contributed by atoms with Crippen LogP contribution >= 0.6 is 0 Å². The first-order valence-electron chi connectivity index (χ1n) is 7.94. The molecule has 5 heteroatoms. The third-order valence-electron chi connectivity index (χ3n) is 4.96. The maximum absolute atomic E-state index is 12.7. The van der Waals surface area contributed by atoms with Crippen LogP contribution in [-0.2, 0) is 0 Å². The summed E-state index contributed by atoms with van der Waals surface area (Å²) in [5.41, 5.74) is 0. The largest absolute Gasteiger partial charge is 0.391 e. The topological polar surface area (TPSA) is 15.3 Å². The number of piperidine rings is 1. The molecule has 1 aliphatic carbocycles. The number of nitrogens with one attached hydrogen (secondary N) is 1. The van der Waals surface area contributed by atoms with E-state index in [4.69, 9.17) is 0 Å². The molecule has 0 radical (unpaired) electrons. The molecule has 1 heterocycles. The van der Waals surface area contributed by atoms with E-state index in [1.807, 2.05) is 0 Å². The van der Waals surface area contributed by atoms with Crippen LogP contribution in [0.25, 0.3) is 0 Å². The minimum Gasteiger partial charge on any atom is -0.314 e. The monoisotopic (exact) mass is 292 g/mol. The third kappa shape index (κ3) is 4.92. The average molecular weight is 292 g/mol. The van der Waals surface area contributed by atoms with Crippen molar-refractivity contribution in [3.63, 3.8) is 0 Å². The molecule has 1 N–H and O–H groups in total. The van der Waals surface area contributed by atoms with Crippen LogP contribution in [0, 0.1) is 11.8 Å². The Morgan fingerprint density at radius 1 is 1.10 bits per heavy atom. The van der Waals surface area contributed by atoms with Crippen LogP contribution in [0.2, 0.25) is 0 Å². The van der Waals surface area contributed by atoms with Crippen molar-refractivity contribution >= 4 is 0 Å². The average Bonchev–Trinajstić information content (AvgIpc) is 2.40. The van der Waals surface area contributed by atoms with E-state index >= 15 is 0 Å². The minimum absolute atomic E-state index is 0.0710. The summed E-state index contributed by atoms with van der Waals surface area (Å²) in [5.74, 6) is -0.335. The summed E-state index contributed by atoms with van der Waals surface area (Å²) in [5, 5.41) is 3.37. The molecule has 2 aliphatic rings. The molecule has 0 bridgehead atoms. The Balaban J connectivity index is 1.64. The lowest BCUT2D eigenvalue weighted by Crippen LogP contribution is -2.40. The molecule has 1 saturated carbocycles. The quantitative estimate of drug-likeness (QED) is 0.854. The fraction of sp³-hybridized carbons (Fsp3) is 1.00. The van der Waals surface area contributed by atoms with E-state index in [1.165, 1.54) is 12.8 Å². The maximum atomic E-state index is 12.7. The van der Waals surface area contributed by atoms with Gasteiger partial charge < -0.3 is 10.2 Å². The molecule has 0 aromatic carbocycles. The summed E-state index contributed by atoms with van der Waals surface area (Å²) >= 11 is 0. The predicted molar refractivity (Wildman–Crippen MR) is 74.6 cm³/mol. The zero-order valence-electron chi connectivity index (χ0n) is 12.4. The normalized spacial score (nSPS) is 30.6. The number of hydrogen-bond donors (Lipinski definition) is 1. The second-order valence-electron chi connectivity index (χ2n) is 6.59. The van der Waals surface area contributed by atoms with E-state index in [0.717, 1.165) is 38.4 Å². The Kier molecular flexibility index (Phi) is 5.73. The molecular formula is C15H27F3N2. The standard InChI is InChI=1S/C15H27F3N2/c1-20-9-6-12(7-10-20)5-8-19-14-4-2-3-13(11-14)15(16,17)18/h12-14,19H,2-11H2,1H3. The van der Waals surface area contributed by atoms with Gasteiger partial charge in [-0.25, -0.2) is 0 Å². The first-order valence-corrected chi connectivity index (χ1v) is 7.94. The van der Waals surface area contributed by atoms with Crippen LogP contribution in [-0.4, -0.2) is 43.8 Å². The fourth-order valence-corrected chi connectivity index (χ4v) is 3.51. The predicted octanol–water partition coefficient (Wildman–Crippen LogP) is 3.43. The van der Waals surface area contributed by atoms with Crippen LogP contribution in [0.5, 0.6) is 0 Å². The number of halogens is 3. The number of nitrogens with zero attached hydrogens (tertiary/aromatic N) is 1. The molecule has 118 valence electrons. The second-order valence-corrected chi connectivity index (χ2v) is 6.59. The molecule has 20 heavy (non-hydrogen) atoms. The minimum atomic E-state index is -4.01. The van der Waals surface area contributed by atoms with Crippen molar-refractivity contribution in [3.8, 4) is 0 Å². The Morgan fingerprint density at radius 3 is 2.45 bits per heavy atom. The van der Waals surface area contributed by atoms with Crippen molar-refractivity contribution in [2.45, 2.75) is 57.2 Å². The van der Waals surface area contributed by atoms with Gasteiger partial charge in [0.15, 0.2) is 0 Å². The molecule has 1 aliphatic heterocycles. The number of likely N-dealkylation sites (tertiary alicyclic amines) is 1. The zero-order valence-corrected chi connectivity index (χ0v) is 12.4. The van der Waals surface area contributed by atoms with Gasteiger partial charge in [0.2, 0.25) is 0 Å². The van der Waals surface area contributed by atoms with Gasteiger partial charge in [0, 0.05) is 6.04 Å². The van der Waals surface area contributed by atoms with Crippen molar-refractivity contribution in [2.75, 3.05) is 26.7 Å². The molecular weight excluding hydrogens is 265 g/mol. The summed E-state index contributed by atoms with van der Waals surface area (Å²) in [6.07, 6.45) is 1.76. The summed E-state index contributed by atoms with van der Waals surface area (Å²) < 4.78 is 38.2. The van der Waals surface area contributed by atoms with E-state index < -0.39 is 12.1 Å². The van der Waals surface area contributed by atoms with Gasteiger partial charge in [0.05, 0.1) is 5.92 Å². The molecule has 2 atom stereocenters. The van der Waals surface area contributed by atoms with Crippen LogP contribution < -0.4 is 5.32 Å². The zero-order chi connectivity index (χ0) is 14.6. The summed E-state index contributed by atoms with van der Waals surface area (Å²) in [6, 6.07) is 0.0710. The SMILES string of the molecule is CN1CCC(CCNC2CCCC(C(F)(F)F)C2)CC1. The number of alkyl halides is 3. The van der Waals surface area contributed by atoms with Crippen LogP contribution in [0.3, 0.4) is 0 Å². The highest BCUT2D eigenvalue weighted by Crippen LogP contribution is 2.37. The fourth-order valence-electron chi connectivity index (χ4n) is 3.51. The van der Waals surface area contributed by atoms with Gasteiger partial charge in [-0.15, -0.1) is 0 Å². The highest BCUT2D eigenvalue weighted by molar-refractivity contribution is 4.82. The lowest BCUT2D eigenvalue weighted by molar-refractivity contribution is -0.183. The first-order chi connectivity index (χ1) is 9.45. The van der Waals surface area contributed by atoms with Crippen molar-refractivity contribution in [1.82, 2.24) is 10.2 Å². The Bertz CT molecular complexity index is 285. The van der Waals surface area contributed by atoms with Gasteiger partial charge in [0.25, 0.3) is 0 Å². The lowest BCUT2D eigenvalue weighted by atomic mass is 9.85. The van der Waals surface area contributed by atoms with Crippen LogP contribution in [0.15, 0.2) is 0 Å². The third-order valence-corrected chi connectivity index (χ3v) is 4.96. The Hall–Kier alpha value is -0.290. The van der Waals surface area contributed by atoms with Crippen molar-refractivity contribution in [1.29, 1.82) is 0 Å².